The average molecular weight is 457 g/mol. The minimum Gasteiger partial charge on any atom is -0.332 e. The van der Waals surface area contributed by atoms with Crippen molar-refractivity contribution >= 4 is 56.8 Å². The maximum absolute atomic E-state index is 12.4. The number of halogens is 1. The molecule has 0 aliphatic carbocycles. The van der Waals surface area contributed by atoms with Gasteiger partial charge in [-0.05, 0) is 74.4 Å². The van der Waals surface area contributed by atoms with Gasteiger partial charge >= 0.3 is 0 Å². The van der Waals surface area contributed by atoms with Crippen LogP contribution in [0.5, 0.6) is 0 Å². The number of hydrogen-bond donors (Lipinski definition) is 2. The third kappa shape index (κ3) is 4.04. The molecular formula is C20H17ClN6OS2. The fourth-order valence-electron chi connectivity index (χ4n) is 2.83. The van der Waals surface area contributed by atoms with Crippen LogP contribution >= 0.6 is 35.2 Å². The number of nitrogens with zero attached hydrogens (tertiary/aromatic N) is 4. The van der Waals surface area contributed by atoms with Gasteiger partial charge in [0.2, 0.25) is 4.96 Å². The number of amides is 1. The lowest BCUT2D eigenvalue weighted by atomic mass is 10.1. The number of anilines is 1. The zero-order chi connectivity index (χ0) is 21.4. The van der Waals surface area contributed by atoms with E-state index >= 15 is 0 Å². The third-order valence-electron chi connectivity index (χ3n) is 4.53. The highest BCUT2D eigenvalue weighted by atomic mass is 35.5. The molecule has 1 amide bonds. The van der Waals surface area contributed by atoms with Crippen molar-refractivity contribution in [2.45, 2.75) is 20.8 Å². The topological polar surface area (TPSA) is 84.2 Å². The van der Waals surface area contributed by atoms with Gasteiger partial charge in [0.15, 0.2) is 10.9 Å². The Hall–Kier alpha value is -2.88. The summed E-state index contributed by atoms with van der Waals surface area (Å²) < 4.78 is 1.73. The summed E-state index contributed by atoms with van der Waals surface area (Å²) in [7, 11) is 0. The minimum atomic E-state index is -0.321. The summed E-state index contributed by atoms with van der Waals surface area (Å²) in [5, 5.41) is 20.0. The molecule has 2 heterocycles. The molecule has 0 saturated heterocycles. The number of benzene rings is 2. The van der Waals surface area contributed by atoms with E-state index in [9.17, 15) is 4.79 Å². The van der Waals surface area contributed by atoms with E-state index in [1.807, 2.05) is 39.0 Å². The van der Waals surface area contributed by atoms with Gasteiger partial charge in [-0.25, -0.2) is 0 Å². The lowest BCUT2D eigenvalue weighted by Crippen LogP contribution is -2.34. The Morgan fingerprint density at radius 1 is 1.10 bits per heavy atom. The van der Waals surface area contributed by atoms with Gasteiger partial charge in [-0.15, -0.1) is 10.2 Å². The average Bonchev–Trinajstić information content (AvgIpc) is 3.27. The summed E-state index contributed by atoms with van der Waals surface area (Å²) in [5.74, 6) is 0.428. The molecule has 0 bridgehead atoms. The molecule has 4 rings (SSSR count). The smallest absolute Gasteiger partial charge is 0.257 e. The van der Waals surface area contributed by atoms with Crippen molar-refractivity contribution in [1.29, 1.82) is 0 Å². The first-order chi connectivity index (χ1) is 14.3. The van der Waals surface area contributed by atoms with E-state index in [1.54, 1.807) is 22.7 Å². The van der Waals surface area contributed by atoms with Crippen molar-refractivity contribution < 1.29 is 4.79 Å². The fourth-order valence-corrected chi connectivity index (χ4v) is 4.10. The van der Waals surface area contributed by atoms with Crippen molar-refractivity contribution in [1.82, 2.24) is 25.1 Å². The third-order valence-corrected chi connectivity index (χ3v) is 6.09. The maximum atomic E-state index is 12.4. The summed E-state index contributed by atoms with van der Waals surface area (Å²) in [4.78, 5) is 13.2. The number of aromatic nitrogens is 4. The fraction of sp³-hybridized carbons (Fsp3) is 0.150. The molecule has 10 heteroatoms. The minimum absolute atomic E-state index is 0.210. The number of carbonyl (C=O) groups is 1. The Bertz CT molecular complexity index is 1300. The van der Waals surface area contributed by atoms with Gasteiger partial charge in [0, 0.05) is 21.8 Å². The second-order valence-electron chi connectivity index (χ2n) is 6.75. The number of nitrogens with one attached hydrogen (secondary N) is 2. The van der Waals surface area contributed by atoms with E-state index in [4.69, 9.17) is 23.8 Å². The number of fused-ring (bicyclic) bond motifs is 1. The summed E-state index contributed by atoms with van der Waals surface area (Å²) in [6.07, 6.45) is 0. The van der Waals surface area contributed by atoms with Gasteiger partial charge in [0.05, 0.1) is 0 Å². The van der Waals surface area contributed by atoms with E-state index in [0.29, 0.717) is 10.6 Å². The molecule has 2 aromatic heterocycles. The molecular weight excluding hydrogens is 440 g/mol. The van der Waals surface area contributed by atoms with Crippen molar-refractivity contribution in [3.05, 3.63) is 63.9 Å². The molecule has 4 aromatic rings. The van der Waals surface area contributed by atoms with Crippen molar-refractivity contribution in [3.63, 3.8) is 0 Å². The van der Waals surface area contributed by atoms with Crippen LogP contribution in [0.15, 0.2) is 36.4 Å². The normalized spacial score (nSPS) is 10.9. The zero-order valence-corrected chi connectivity index (χ0v) is 18.7. The molecule has 0 unspecified atom stereocenters. The van der Waals surface area contributed by atoms with E-state index in [1.165, 1.54) is 11.3 Å². The predicted molar refractivity (Wildman–Crippen MR) is 123 cm³/mol. The van der Waals surface area contributed by atoms with E-state index < -0.39 is 0 Å². The van der Waals surface area contributed by atoms with E-state index in [0.717, 1.165) is 38.2 Å². The molecule has 2 aromatic carbocycles. The van der Waals surface area contributed by atoms with Crippen molar-refractivity contribution in [3.8, 4) is 10.6 Å². The first kappa shape index (κ1) is 20.4. The van der Waals surface area contributed by atoms with Crippen LogP contribution in [0, 0.1) is 20.8 Å². The second kappa shape index (κ2) is 8.10. The SMILES string of the molecule is Cc1ccc(C(=O)NC(=S)Nc2ccc(-c3nn4c(C)nnc4s3)cc2C)cc1Cl. The molecule has 7 nitrogen and oxygen atoms in total. The molecule has 0 aliphatic heterocycles. The maximum Gasteiger partial charge on any atom is 0.257 e. The molecule has 0 atom stereocenters. The summed E-state index contributed by atoms with van der Waals surface area (Å²) in [6.45, 7) is 5.70. The number of hydrogen-bond acceptors (Lipinski definition) is 6. The Kier molecular flexibility index (Phi) is 5.50. The van der Waals surface area contributed by atoms with Gasteiger partial charge in [-0.1, -0.05) is 29.0 Å². The molecule has 0 aliphatic rings. The van der Waals surface area contributed by atoms with Gasteiger partial charge in [-0.3, -0.25) is 10.1 Å². The van der Waals surface area contributed by atoms with Crippen LogP contribution in [-0.2, 0) is 0 Å². The molecule has 0 fully saturated rings. The second-order valence-corrected chi connectivity index (χ2v) is 8.52. The van der Waals surface area contributed by atoms with Crippen LogP contribution in [0.3, 0.4) is 0 Å². The molecule has 0 radical (unpaired) electrons. The van der Waals surface area contributed by atoms with Crippen LogP contribution in [0.4, 0.5) is 5.69 Å². The van der Waals surface area contributed by atoms with Gasteiger partial charge in [-0.2, -0.15) is 9.61 Å². The van der Waals surface area contributed by atoms with Crippen LogP contribution in [0.25, 0.3) is 15.5 Å². The first-order valence-electron chi connectivity index (χ1n) is 9.00. The highest BCUT2D eigenvalue weighted by Crippen LogP contribution is 2.28. The van der Waals surface area contributed by atoms with Crippen LogP contribution < -0.4 is 10.6 Å². The molecule has 30 heavy (non-hydrogen) atoms. The monoisotopic (exact) mass is 456 g/mol. The van der Waals surface area contributed by atoms with Crippen LogP contribution in [-0.4, -0.2) is 30.8 Å². The molecule has 0 spiro atoms. The van der Waals surface area contributed by atoms with E-state index in [-0.39, 0.29) is 11.0 Å². The highest BCUT2D eigenvalue weighted by molar-refractivity contribution is 7.80. The molecule has 0 saturated carbocycles. The van der Waals surface area contributed by atoms with Gasteiger partial charge in [0.25, 0.3) is 5.91 Å². The number of aryl methyl sites for hydroxylation is 3. The van der Waals surface area contributed by atoms with E-state index in [2.05, 4.69) is 25.9 Å². The summed E-state index contributed by atoms with van der Waals surface area (Å²) in [6, 6.07) is 11.0. The van der Waals surface area contributed by atoms with Crippen LogP contribution in [0.1, 0.15) is 27.3 Å². The predicted octanol–water partition coefficient (Wildman–Crippen LogP) is 4.56. The van der Waals surface area contributed by atoms with Gasteiger partial charge < -0.3 is 5.32 Å². The lowest BCUT2D eigenvalue weighted by molar-refractivity contribution is 0.0977. The number of carbonyl (C=O) groups excluding carboxylic acids is 1. The Labute approximate surface area is 187 Å². The largest absolute Gasteiger partial charge is 0.332 e. The van der Waals surface area contributed by atoms with Crippen molar-refractivity contribution in [2.24, 2.45) is 0 Å². The Morgan fingerprint density at radius 2 is 1.90 bits per heavy atom. The number of thiocarbonyl (C=S) groups is 1. The van der Waals surface area contributed by atoms with Crippen molar-refractivity contribution in [2.75, 3.05) is 5.32 Å². The van der Waals surface area contributed by atoms with Crippen LogP contribution in [0.2, 0.25) is 5.02 Å². The lowest BCUT2D eigenvalue weighted by Gasteiger charge is -2.13. The Morgan fingerprint density at radius 3 is 2.60 bits per heavy atom. The standard InChI is InChI=1S/C20H17ClN6OS2/c1-10-4-5-13(9-15(10)21)17(28)23-19(29)22-16-7-6-14(8-11(16)2)18-26-27-12(3)24-25-20(27)30-18/h4-9H,1-3H3,(H2,22,23,28,29). The molecule has 2 N–H and O–H groups in total. The Balaban J connectivity index is 1.47. The van der Waals surface area contributed by atoms with Gasteiger partial charge in [0.1, 0.15) is 5.01 Å². The summed E-state index contributed by atoms with van der Waals surface area (Å²) in [5.41, 5.74) is 4.08. The first-order valence-corrected chi connectivity index (χ1v) is 10.6. The quantitative estimate of drug-likeness (QED) is 0.440. The number of rotatable bonds is 3. The molecule has 152 valence electrons. The highest BCUT2D eigenvalue weighted by Gasteiger charge is 2.13. The zero-order valence-electron chi connectivity index (χ0n) is 16.4. The summed E-state index contributed by atoms with van der Waals surface area (Å²) >= 11 is 12.9.